The van der Waals surface area contributed by atoms with E-state index in [-0.39, 0.29) is 0 Å². The van der Waals surface area contributed by atoms with Crippen LogP contribution in [0.25, 0.3) is 0 Å². The van der Waals surface area contributed by atoms with Gasteiger partial charge in [0.25, 0.3) is 0 Å². The molecule has 1 heterocycles. The zero-order valence-electron chi connectivity index (χ0n) is 11.7. The van der Waals surface area contributed by atoms with Crippen molar-refractivity contribution in [2.45, 2.75) is 19.8 Å². The molecular formula is C13H25N5. The Labute approximate surface area is 110 Å². The second-order valence-corrected chi connectivity index (χ2v) is 4.79. The van der Waals surface area contributed by atoms with E-state index in [1.165, 1.54) is 0 Å². The number of rotatable bonds is 7. The number of pyridine rings is 1. The van der Waals surface area contributed by atoms with E-state index in [4.69, 9.17) is 11.5 Å². The van der Waals surface area contributed by atoms with E-state index in [2.05, 4.69) is 35.8 Å². The monoisotopic (exact) mass is 251 g/mol. The average molecular weight is 251 g/mol. The van der Waals surface area contributed by atoms with Crippen LogP contribution < -0.4 is 16.4 Å². The second-order valence-electron chi connectivity index (χ2n) is 4.79. The Balaban J connectivity index is 2.67. The van der Waals surface area contributed by atoms with Crippen LogP contribution in [0.15, 0.2) is 12.1 Å². The van der Waals surface area contributed by atoms with Crippen LogP contribution in [0, 0.1) is 0 Å². The molecule has 102 valence electrons. The first-order valence-corrected chi connectivity index (χ1v) is 6.46. The Bertz CT molecular complexity index is 364. The summed E-state index contributed by atoms with van der Waals surface area (Å²) in [5, 5.41) is 0. The Hall–Kier alpha value is -1.49. The third-order valence-corrected chi connectivity index (χ3v) is 2.79. The fourth-order valence-corrected chi connectivity index (χ4v) is 1.84. The minimum Gasteiger partial charge on any atom is -0.396 e. The molecule has 1 rings (SSSR count). The van der Waals surface area contributed by atoms with Crippen LogP contribution in [-0.2, 0) is 0 Å². The lowest BCUT2D eigenvalue weighted by Gasteiger charge is -2.24. The first-order valence-electron chi connectivity index (χ1n) is 6.46. The lowest BCUT2D eigenvalue weighted by atomic mass is 10.3. The fourth-order valence-electron chi connectivity index (χ4n) is 1.84. The van der Waals surface area contributed by atoms with E-state index in [0.717, 1.165) is 38.3 Å². The molecule has 0 aromatic carbocycles. The van der Waals surface area contributed by atoms with Crippen LogP contribution in [0.2, 0.25) is 0 Å². The second kappa shape index (κ2) is 7.06. The zero-order chi connectivity index (χ0) is 13.5. The van der Waals surface area contributed by atoms with Gasteiger partial charge in [-0.15, -0.1) is 0 Å². The van der Waals surface area contributed by atoms with Gasteiger partial charge in [0.05, 0.1) is 5.69 Å². The van der Waals surface area contributed by atoms with Crippen LogP contribution >= 0.6 is 0 Å². The van der Waals surface area contributed by atoms with Crippen molar-refractivity contribution in [2.75, 3.05) is 50.1 Å². The predicted molar refractivity (Wildman–Crippen MR) is 78.7 cm³/mol. The average Bonchev–Trinajstić information content (AvgIpc) is 2.31. The highest BCUT2D eigenvalue weighted by atomic mass is 15.2. The van der Waals surface area contributed by atoms with Gasteiger partial charge in [-0.05, 0) is 45.6 Å². The summed E-state index contributed by atoms with van der Waals surface area (Å²) in [5.74, 6) is 1.34. The molecule has 0 bridgehead atoms. The van der Waals surface area contributed by atoms with Crippen molar-refractivity contribution in [3.05, 3.63) is 12.1 Å². The van der Waals surface area contributed by atoms with Crippen molar-refractivity contribution < 1.29 is 0 Å². The summed E-state index contributed by atoms with van der Waals surface area (Å²) in [7, 11) is 4.17. The molecule has 0 spiro atoms. The van der Waals surface area contributed by atoms with Crippen molar-refractivity contribution in [2.24, 2.45) is 0 Å². The topological polar surface area (TPSA) is 71.4 Å². The van der Waals surface area contributed by atoms with E-state index in [1.807, 2.05) is 12.1 Å². The molecule has 0 amide bonds. The Morgan fingerprint density at radius 3 is 2.39 bits per heavy atom. The summed E-state index contributed by atoms with van der Waals surface area (Å²) in [5.41, 5.74) is 12.0. The van der Waals surface area contributed by atoms with Gasteiger partial charge >= 0.3 is 0 Å². The minimum atomic E-state index is 0.418. The molecular weight excluding hydrogens is 226 g/mol. The van der Waals surface area contributed by atoms with E-state index in [0.29, 0.717) is 11.5 Å². The highest BCUT2D eigenvalue weighted by Crippen LogP contribution is 2.18. The third kappa shape index (κ3) is 4.41. The maximum Gasteiger partial charge on any atom is 0.149 e. The SMILES string of the molecule is CCCN(CCCN(C)C)c1ccc(N)c(N)n1. The van der Waals surface area contributed by atoms with Gasteiger partial charge in [0.15, 0.2) is 0 Å². The summed E-state index contributed by atoms with van der Waals surface area (Å²) in [6, 6.07) is 3.77. The quantitative estimate of drug-likeness (QED) is 0.766. The van der Waals surface area contributed by atoms with E-state index >= 15 is 0 Å². The third-order valence-electron chi connectivity index (χ3n) is 2.79. The summed E-state index contributed by atoms with van der Waals surface area (Å²) in [6.45, 7) is 5.22. The van der Waals surface area contributed by atoms with Crippen molar-refractivity contribution in [1.82, 2.24) is 9.88 Å². The first-order chi connectivity index (χ1) is 8.54. The molecule has 0 fully saturated rings. The van der Waals surface area contributed by atoms with Gasteiger partial charge in [-0.1, -0.05) is 6.92 Å². The Morgan fingerprint density at radius 2 is 1.83 bits per heavy atom. The minimum absolute atomic E-state index is 0.418. The van der Waals surface area contributed by atoms with Gasteiger partial charge < -0.3 is 21.3 Å². The smallest absolute Gasteiger partial charge is 0.149 e. The molecule has 0 aliphatic rings. The van der Waals surface area contributed by atoms with Crippen molar-refractivity contribution in [1.29, 1.82) is 0 Å². The number of anilines is 3. The van der Waals surface area contributed by atoms with Crippen molar-refractivity contribution in [3.8, 4) is 0 Å². The number of nitrogens with two attached hydrogens (primary N) is 2. The molecule has 0 saturated carbocycles. The van der Waals surface area contributed by atoms with Gasteiger partial charge in [-0.25, -0.2) is 4.98 Å². The Morgan fingerprint density at radius 1 is 1.11 bits per heavy atom. The highest BCUT2D eigenvalue weighted by molar-refractivity contribution is 5.62. The molecule has 0 saturated heterocycles. The molecule has 1 aromatic rings. The molecule has 0 radical (unpaired) electrons. The van der Waals surface area contributed by atoms with E-state index in [9.17, 15) is 0 Å². The molecule has 5 nitrogen and oxygen atoms in total. The van der Waals surface area contributed by atoms with Gasteiger partial charge in [-0.2, -0.15) is 0 Å². The van der Waals surface area contributed by atoms with Crippen LogP contribution in [0.3, 0.4) is 0 Å². The molecule has 0 aliphatic heterocycles. The maximum atomic E-state index is 5.76. The standard InChI is InChI=1S/C13H25N5/c1-4-8-18(10-5-9-17(2)3)12-7-6-11(14)13(15)16-12/h6-7H,4-5,8-10,14H2,1-3H3,(H2,15,16). The maximum absolute atomic E-state index is 5.76. The van der Waals surface area contributed by atoms with Crippen LogP contribution in [-0.4, -0.2) is 43.6 Å². The van der Waals surface area contributed by atoms with E-state index < -0.39 is 0 Å². The van der Waals surface area contributed by atoms with Gasteiger partial charge in [0.1, 0.15) is 11.6 Å². The normalized spacial score (nSPS) is 10.9. The molecule has 18 heavy (non-hydrogen) atoms. The summed E-state index contributed by atoms with van der Waals surface area (Å²) >= 11 is 0. The van der Waals surface area contributed by atoms with E-state index in [1.54, 1.807) is 0 Å². The summed E-state index contributed by atoms with van der Waals surface area (Å²) < 4.78 is 0. The lowest BCUT2D eigenvalue weighted by Crippen LogP contribution is -2.29. The van der Waals surface area contributed by atoms with Crippen molar-refractivity contribution >= 4 is 17.3 Å². The molecule has 1 aromatic heterocycles. The predicted octanol–water partition coefficient (Wildman–Crippen LogP) is 1.41. The summed E-state index contributed by atoms with van der Waals surface area (Å²) in [6.07, 6.45) is 2.20. The largest absolute Gasteiger partial charge is 0.396 e. The molecule has 0 aliphatic carbocycles. The van der Waals surface area contributed by atoms with Gasteiger partial charge in [0.2, 0.25) is 0 Å². The summed E-state index contributed by atoms with van der Waals surface area (Å²) in [4.78, 5) is 8.81. The molecule has 5 heteroatoms. The van der Waals surface area contributed by atoms with Crippen LogP contribution in [0.1, 0.15) is 19.8 Å². The van der Waals surface area contributed by atoms with Crippen molar-refractivity contribution in [3.63, 3.8) is 0 Å². The highest BCUT2D eigenvalue weighted by Gasteiger charge is 2.08. The van der Waals surface area contributed by atoms with Gasteiger partial charge in [-0.3, -0.25) is 0 Å². The number of nitrogen functional groups attached to an aromatic ring is 2. The molecule has 0 unspecified atom stereocenters. The Kier molecular flexibility index (Phi) is 5.71. The lowest BCUT2D eigenvalue weighted by molar-refractivity contribution is 0.400. The number of nitrogens with zero attached hydrogens (tertiary/aromatic N) is 3. The first kappa shape index (κ1) is 14.6. The number of aromatic nitrogens is 1. The fraction of sp³-hybridized carbons (Fsp3) is 0.615. The molecule has 4 N–H and O–H groups in total. The van der Waals surface area contributed by atoms with Crippen LogP contribution in [0.5, 0.6) is 0 Å². The zero-order valence-corrected chi connectivity index (χ0v) is 11.7. The molecule has 0 atom stereocenters. The number of hydrogen-bond acceptors (Lipinski definition) is 5. The van der Waals surface area contributed by atoms with Gasteiger partial charge in [0, 0.05) is 13.1 Å². The van der Waals surface area contributed by atoms with Crippen LogP contribution in [0.4, 0.5) is 17.3 Å². The number of hydrogen-bond donors (Lipinski definition) is 2.